The zero-order valence-corrected chi connectivity index (χ0v) is 57.1. The van der Waals surface area contributed by atoms with Crippen molar-refractivity contribution in [2.75, 3.05) is 14.7 Å². The number of nitrogens with zero attached hydrogens (tertiary/aromatic N) is 3. The standard InChI is InChI=1S/C86H90BN3O/c1-81(2,3)58-37-40-64(41-38-58)88(73-36-28-27-35-70(73)56-31-23-20-24-32-56)65-42-43-72-74(54-65)89(66-49-60(83(7,8)9)47-61(50-66)84(10,11)12)75-45-57(69-34-26-25-33-68(69)55-29-21-19-22-30-55)46-76-78(75)87(72)80-79(71-53-59(82(4,5)6)39-44-77(71)91-80)90(76)67-51-62(85(13,14)15)48-63(52-67)86(16,17)18/h19-54H,1-18H3. The van der Waals surface area contributed by atoms with Crippen molar-refractivity contribution in [3.05, 3.63) is 252 Å². The highest BCUT2D eigenvalue weighted by atomic mass is 16.3. The second-order valence-electron chi connectivity index (χ2n) is 32.0. The number of fused-ring (bicyclic) bond motifs is 6. The third kappa shape index (κ3) is 11.2. The molecule has 2 aliphatic rings. The first-order valence-corrected chi connectivity index (χ1v) is 32.9. The predicted molar refractivity (Wildman–Crippen MR) is 393 cm³/mol. The third-order valence-corrected chi connectivity index (χ3v) is 19.1. The highest BCUT2D eigenvalue weighted by molar-refractivity contribution is 7.00. The van der Waals surface area contributed by atoms with Gasteiger partial charge in [-0.25, -0.2) is 0 Å². The number of para-hydroxylation sites is 1. The second-order valence-corrected chi connectivity index (χ2v) is 32.0. The van der Waals surface area contributed by atoms with Crippen LogP contribution in [-0.4, -0.2) is 6.71 Å². The molecule has 4 nitrogen and oxygen atoms in total. The molecule has 91 heavy (non-hydrogen) atoms. The van der Waals surface area contributed by atoms with Crippen LogP contribution < -0.4 is 31.3 Å². The van der Waals surface area contributed by atoms with Gasteiger partial charge in [0, 0.05) is 50.8 Å². The largest absolute Gasteiger partial charge is 0.468 e. The summed E-state index contributed by atoms with van der Waals surface area (Å²) in [5, 5.41) is 1.11. The molecule has 0 unspecified atom stereocenters. The highest BCUT2D eigenvalue weighted by Crippen LogP contribution is 2.53. The van der Waals surface area contributed by atoms with Gasteiger partial charge in [0.15, 0.2) is 0 Å². The van der Waals surface area contributed by atoms with E-state index < -0.39 is 0 Å². The van der Waals surface area contributed by atoms with Gasteiger partial charge < -0.3 is 19.1 Å². The minimum absolute atomic E-state index is 0.0263. The van der Waals surface area contributed by atoms with E-state index in [2.05, 4.69) is 358 Å². The Kier molecular flexibility index (Phi) is 14.7. The second kappa shape index (κ2) is 22.0. The maximum absolute atomic E-state index is 7.72. The fraction of sp³-hybridized carbons (Fsp3) is 0.279. The fourth-order valence-electron chi connectivity index (χ4n) is 13.7. The Labute approximate surface area is 543 Å². The van der Waals surface area contributed by atoms with E-state index in [1.165, 1.54) is 61.0 Å². The molecule has 13 rings (SSSR count). The maximum Gasteiger partial charge on any atom is 0.297 e. The van der Waals surface area contributed by atoms with Crippen molar-refractivity contribution in [3.63, 3.8) is 0 Å². The van der Waals surface area contributed by atoms with Crippen LogP contribution in [0.1, 0.15) is 158 Å². The molecule has 0 fully saturated rings. The van der Waals surface area contributed by atoms with Gasteiger partial charge >= 0.3 is 0 Å². The van der Waals surface area contributed by atoms with Crippen molar-refractivity contribution in [3.8, 4) is 33.4 Å². The molecule has 11 aromatic rings. The van der Waals surface area contributed by atoms with Crippen molar-refractivity contribution in [2.45, 2.75) is 157 Å². The summed E-state index contributed by atoms with van der Waals surface area (Å²) in [4.78, 5) is 7.76. The summed E-state index contributed by atoms with van der Waals surface area (Å²) in [5.74, 6) is 0. The average Bonchev–Trinajstić information content (AvgIpc) is 1.68. The summed E-state index contributed by atoms with van der Waals surface area (Å²) in [6.07, 6.45) is 0. The van der Waals surface area contributed by atoms with E-state index in [-0.39, 0.29) is 39.2 Å². The van der Waals surface area contributed by atoms with Gasteiger partial charge in [-0.2, -0.15) is 0 Å². The number of rotatable bonds is 8. The Morgan fingerprint density at radius 3 is 1.27 bits per heavy atom. The molecule has 0 N–H and O–H groups in total. The van der Waals surface area contributed by atoms with Gasteiger partial charge in [0.05, 0.1) is 17.0 Å². The molecule has 0 saturated carbocycles. The normalized spacial score (nSPS) is 13.5. The van der Waals surface area contributed by atoms with Gasteiger partial charge in [-0.1, -0.05) is 264 Å². The Morgan fingerprint density at radius 1 is 0.330 bits per heavy atom. The lowest BCUT2D eigenvalue weighted by Crippen LogP contribution is -2.61. The molecule has 0 aliphatic carbocycles. The Bertz CT molecular complexity index is 4520. The molecule has 0 atom stereocenters. The Balaban J connectivity index is 1.21. The van der Waals surface area contributed by atoms with Gasteiger partial charge in [0.2, 0.25) is 0 Å². The van der Waals surface area contributed by atoms with Crippen molar-refractivity contribution >= 4 is 85.5 Å². The quantitative estimate of drug-likeness (QED) is 0.141. The molecule has 0 spiro atoms. The summed E-state index contributed by atoms with van der Waals surface area (Å²) in [6, 6.07) is 83.2. The maximum atomic E-state index is 7.72. The van der Waals surface area contributed by atoms with E-state index in [4.69, 9.17) is 4.42 Å². The lowest BCUT2D eigenvalue weighted by molar-refractivity contribution is 0.568. The molecule has 1 aromatic heterocycles. The molecule has 5 heteroatoms. The van der Waals surface area contributed by atoms with Crippen LogP contribution in [0.3, 0.4) is 0 Å². The van der Waals surface area contributed by atoms with E-state index in [1.54, 1.807) is 0 Å². The van der Waals surface area contributed by atoms with E-state index >= 15 is 0 Å². The summed E-state index contributed by atoms with van der Waals surface area (Å²) in [7, 11) is 0. The van der Waals surface area contributed by atoms with Crippen LogP contribution in [0.5, 0.6) is 0 Å². The van der Waals surface area contributed by atoms with Crippen LogP contribution in [-0.2, 0) is 32.5 Å². The number of benzene rings is 10. The molecule has 0 amide bonds. The van der Waals surface area contributed by atoms with Gasteiger partial charge in [-0.05, 0) is 183 Å². The minimum Gasteiger partial charge on any atom is -0.468 e. The molecule has 0 saturated heterocycles. The van der Waals surface area contributed by atoms with Crippen molar-refractivity contribution in [1.29, 1.82) is 0 Å². The number of hydrogen-bond donors (Lipinski definition) is 0. The van der Waals surface area contributed by atoms with Gasteiger partial charge in [-0.15, -0.1) is 0 Å². The van der Waals surface area contributed by atoms with Crippen LogP contribution >= 0.6 is 0 Å². The topological polar surface area (TPSA) is 22.9 Å². The third-order valence-electron chi connectivity index (χ3n) is 19.1. The zero-order valence-electron chi connectivity index (χ0n) is 57.1. The van der Waals surface area contributed by atoms with E-state index in [1.807, 2.05) is 0 Å². The highest BCUT2D eigenvalue weighted by Gasteiger charge is 2.48. The number of furan rings is 1. The van der Waals surface area contributed by atoms with Crippen LogP contribution in [0.2, 0.25) is 0 Å². The first-order valence-electron chi connectivity index (χ1n) is 32.9. The number of anilines is 9. The van der Waals surface area contributed by atoms with Crippen molar-refractivity contribution < 1.29 is 4.42 Å². The summed E-state index contributed by atoms with van der Waals surface area (Å²) >= 11 is 0. The van der Waals surface area contributed by atoms with Gasteiger partial charge in [0.1, 0.15) is 5.58 Å². The van der Waals surface area contributed by atoms with Crippen LogP contribution in [0.25, 0.3) is 44.3 Å². The van der Waals surface area contributed by atoms with E-state index in [0.29, 0.717) is 0 Å². The van der Waals surface area contributed by atoms with Gasteiger partial charge in [-0.3, -0.25) is 0 Å². The van der Waals surface area contributed by atoms with Crippen LogP contribution in [0.15, 0.2) is 223 Å². The van der Waals surface area contributed by atoms with E-state index in [0.717, 1.165) is 84.5 Å². The molecule has 2 aliphatic heterocycles. The number of hydrogen-bond acceptors (Lipinski definition) is 4. The first-order chi connectivity index (χ1) is 42.9. The molecule has 3 heterocycles. The van der Waals surface area contributed by atoms with Crippen LogP contribution in [0, 0.1) is 0 Å². The lowest BCUT2D eigenvalue weighted by atomic mass is 9.35. The smallest absolute Gasteiger partial charge is 0.297 e. The predicted octanol–water partition coefficient (Wildman–Crippen LogP) is 22.8. The Morgan fingerprint density at radius 2 is 0.758 bits per heavy atom. The zero-order chi connectivity index (χ0) is 64.5. The molecular weight excluding hydrogens is 1100 g/mol. The molecule has 458 valence electrons. The molecule has 0 bridgehead atoms. The lowest BCUT2D eigenvalue weighted by Gasteiger charge is -2.44. The molecule has 10 aromatic carbocycles. The monoisotopic (exact) mass is 1190 g/mol. The summed E-state index contributed by atoms with van der Waals surface area (Å²) < 4.78 is 7.72. The average molecular weight is 1190 g/mol. The molecular formula is C86H90BN3O. The van der Waals surface area contributed by atoms with Crippen LogP contribution in [0.4, 0.5) is 51.2 Å². The van der Waals surface area contributed by atoms with Gasteiger partial charge in [0.25, 0.3) is 6.71 Å². The Hall–Kier alpha value is -8.80. The fourth-order valence-corrected chi connectivity index (χ4v) is 13.7. The minimum atomic E-state index is -0.308. The van der Waals surface area contributed by atoms with Crippen molar-refractivity contribution in [2.24, 2.45) is 0 Å². The SMILES string of the molecule is CC(C)(C)c1ccc(N(c2ccc3c(c2)N(c2cc(C(C)(C)C)cc(C(C)(C)C)c2)c2cc(-c4ccccc4-c4ccccc4)cc4c2B3c2oc3ccc(C(C)(C)C)cc3c2N4c2cc(C(C)(C)C)cc(C(C)(C)C)c2)c2ccccc2-c2ccccc2)cc1. The summed E-state index contributed by atoms with van der Waals surface area (Å²) in [6.45, 7) is 41.8. The van der Waals surface area contributed by atoms with E-state index in [9.17, 15) is 0 Å². The molecule has 0 radical (unpaired) electrons. The van der Waals surface area contributed by atoms with Crippen molar-refractivity contribution in [1.82, 2.24) is 0 Å². The first kappa shape index (κ1) is 61.1. The summed E-state index contributed by atoms with van der Waals surface area (Å²) in [5.41, 5.74) is 28.1.